The highest BCUT2D eigenvalue weighted by molar-refractivity contribution is 6.24. The third-order valence-corrected chi connectivity index (χ3v) is 8.56. The van der Waals surface area contributed by atoms with Crippen LogP contribution in [0.3, 0.4) is 0 Å². The van der Waals surface area contributed by atoms with Gasteiger partial charge in [0.05, 0.1) is 16.6 Å². The molecule has 6 heteroatoms. The summed E-state index contributed by atoms with van der Waals surface area (Å²) >= 11 is 0. The van der Waals surface area contributed by atoms with E-state index in [4.69, 9.17) is 0 Å². The van der Waals surface area contributed by atoms with Crippen molar-refractivity contribution in [3.8, 4) is 0 Å². The van der Waals surface area contributed by atoms with Gasteiger partial charge in [-0.15, -0.1) is 0 Å². The summed E-state index contributed by atoms with van der Waals surface area (Å²) in [6, 6.07) is 16.4. The molecular formula is C33H36N2O4. The maximum Gasteiger partial charge on any atom is 0.209 e. The SMILES string of the molecule is C[N+]1=C(/C=C2/C(=O)C(/C=C3/N(CCCCCC(=O)[O-])c4ccccc4C3(C)C)=C2O)C(C)(C)c2ccccc21. The first-order valence-electron chi connectivity index (χ1n) is 13.7. The van der Waals surface area contributed by atoms with E-state index < -0.39 is 5.97 Å². The lowest BCUT2D eigenvalue weighted by atomic mass is 9.77. The van der Waals surface area contributed by atoms with Crippen LogP contribution in [0.4, 0.5) is 11.4 Å². The van der Waals surface area contributed by atoms with Crippen molar-refractivity contribution in [1.82, 2.24) is 0 Å². The van der Waals surface area contributed by atoms with Gasteiger partial charge in [-0.1, -0.05) is 56.7 Å². The Labute approximate surface area is 230 Å². The van der Waals surface area contributed by atoms with Crippen LogP contribution in [0.2, 0.25) is 0 Å². The maximum absolute atomic E-state index is 13.4. The van der Waals surface area contributed by atoms with Crippen LogP contribution in [0.5, 0.6) is 0 Å². The monoisotopic (exact) mass is 524 g/mol. The molecule has 0 saturated carbocycles. The van der Waals surface area contributed by atoms with Gasteiger partial charge in [-0.05, 0) is 50.8 Å². The zero-order valence-electron chi connectivity index (χ0n) is 23.4. The van der Waals surface area contributed by atoms with E-state index in [1.54, 1.807) is 0 Å². The highest BCUT2D eigenvalue weighted by Gasteiger charge is 2.46. The number of carboxylic acids is 1. The van der Waals surface area contributed by atoms with Gasteiger partial charge in [-0.25, -0.2) is 0 Å². The molecule has 0 saturated heterocycles. The highest BCUT2D eigenvalue weighted by atomic mass is 16.4. The normalized spacial score (nSPS) is 21.1. The van der Waals surface area contributed by atoms with E-state index in [1.165, 1.54) is 5.56 Å². The van der Waals surface area contributed by atoms with Crippen molar-refractivity contribution in [3.05, 3.63) is 94.4 Å². The molecule has 39 heavy (non-hydrogen) atoms. The molecule has 0 radical (unpaired) electrons. The van der Waals surface area contributed by atoms with Gasteiger partial charge in [0.25, 0.3) is 0 Å². The van der Waals surface area contributed by atoms with Gasteiger partial charge in [-0.2, -0.15) is 4.58 Å². The van der Waals surface area contributed by atoms with Crippen molar-refractivity contribution in [3.63, 3.8) is 0 Å². The molecule has 3 aliphatic rings. The molecule has 0 amide bonds. The molecule has 2 aromatic rings. The molecule has 2 aromatic carbocycles. The third kappa shape index (κ3) is 4.32. The summed E-state index contributed by atoms with van der Waals surface area (Å²) in [6.45, 7) is 9.23. The number of aliphatic carboxylic acids is 1. The number of unbranched alkanes of at least 4 members (excludes halogenated alkanes) is 2. The van der Waals surface area contributed by atoms with Gasteiger partial charge in [-0.3, -0.25) is 4.79 Å². The largest absolute Gasteiger partial charge is 0.550 e. The molecule has 0 bridgehead atoms. The average Bonchev–Trinajstić information content (AvgIpc) is 3.23. The Kier molecular flexibility index (Phi) is 6.61. The Balaban J connectivity index is 1.47. The Morgan fingerprint density at radius 3 is 2.28 bits per heavy atom. The molecule has 202 valence electrons. The average molecular weight is 525 g/mol. The van der Waals surface area contributed by atoms with Crippen molar-refractivity contribution in [2.45, 2.75) is 64.2 Å². The molecule has 2 aliphatic heterocycles. The molecule has 2 heterocycles. The van der Waals surface area contributed by atoms with E-state index in [-0.39, 0.29) is 28.8 Å². The Morgan fingerprint density at radius 2 is 1.62 bits per heavy atom. The molecule has 0 atom stereocenters. The number of fused-ring (bicyclic) bond motifs is 2. The minimum atomic E-state index is -1.02. The summed E-state index contributed by atoms with van der Waals surface area (Å²) in [7, 11) is 2.00. The van der Waals surface area contributed by atoms with Crippen LogP contribution < -0.4 is 10.0 Å². The maximum atomic E-state index is 13.4. The predicted octanol–water partition coefficient (Wildman–Crippen LogP) is 5.01. The fraction of sp³-hybridized carbons (Fsp3) is 0.364. The number of para-hydroxylation sites is 2. The summed E-state index contributed by atoms with van der Waals surface area (Å²) in [6.07, 6.45) is 5.89. The Bertz CT molecular complexity index is 1500. The van der Waals surface area contributed by atoms with Crippen molar-refractivity contribution in [2.75, 3.05) is 18.5 Å². The number of hydrogen-bond donors (Lipinski definition) is 1. The van der Waals surface area contributed by atoms with Gasteiger partial charge < -0.3 is 19.9 Å². The summed E-state index contributed by atoms with van der Waals surface area (Å²) in [5, 5.41) is 21.9. The molecule has 0 unspecified atom stereocenters. The number of aliphatic hydroxyl groups is 1. The molecule has 0 aromatic heterocycles. The molecular weight excluding hydrogens is 488 g/mol. The lowest BCUT2D eigenvalue weighted by Gasteiger charge is -2.29. The van der Waals surface area contributed by atoms with Crippen molar-refractivity contribution >= 4 is 28.8 Å². The van der Waals surface area contributed by atoms with Crippen LogP contribution in [0.1, 0.15) is 64.5 Å². The zero-order chi connectivity index (χ0) is 28.1. The minimum Gasteiger partial charge on any atom is -0.550 e. The molecule has 0 fully saturated rings. The lowest BCUT2D eigenvalue weighted by Crippen LogP contribution is -2.32. The fourth-order valence-electron chi connectivity index (χ4n) is 6.30. The predicted molar refractivity (Wildman–Crippen MR) is 151 cm³/mol. The number of benzene rings is 2. The van der Waals surface area contributed by atoms with E-state index in [2.05, 4.69) is 61.4 Å². The number of carbonyl (C=O) groups excluding carboxylic acids is 2. The van der Waals surface area contributed by atoms with E-state index in [9.17, 15) is 19.8 Å². The number of hydrogen-bond acceptors (Lipinski definition) is 5. The second-order valence-electron chi connectivity index (χ2n) is 11.7. The van der Waals surface area contributed by atoms with Crippen molar-refractivity contribution in [1.29, 1.82) is 0 Å². The molecule has 0 spiro atoms. The summed E-state index contributed by atoms with van der Waals surface area (Å²) in [5.74, 6) is -1.15. The van der Waals surface area contributed by atoms with Crippen LogP contribution in [-0.2, 0) is 20.4 Å². The van der Waals surface area contributed by atoms with E-state index in [0.717, 1.165) is 41.2 Å². The summed E-state index contributed by atoms with van der Waals surface area (Å²) in [4.78, 5) is 26.4. The first-order valence-corrected chi connectivity index (χ1v) is 13.7. The van der Waals surface area contributed by atoms with Crippen molar-refractivity contribution in [2.24, 2.45) is 0 Å². The number of aliphatic hydroxyl groups excluding tert-OH is 1. The number of nitrogens with zero attached hydrogens (tertiary/aromatic N) is 2. The summed E-state index contributed by atoms with van der Waals surface area (Å²) < 4.78 is 2.10. The second kappa shape index (κ2) is 9.67. The van der Waals surface area contributed by atoms with Crippen LogP contribution in [-0.4, -0.2) is 40.7 Å². The minimum absolute atomic E-state index is 0.0285. The highest BCUT2D eigenvalue weighted by Crippen LogP contribution is 2.49. The van der Waals surface area contributed by atoms with Crippen LogP contribution in [0.15, 0.2) is 83.3 Å². The second-order valence-corrected chi connectivity index (χ2v) is 11.7. The first-order chi connectivity index (χ1) is 18.5. The Hall–Kier alpha value is -3.93. The number of anilines is 1. The number of carboxylic acid groups (broad SMARTS) is 1. The lowest BCUT2D eigenvalue weighted by molar-refractivity contribution is -0.401. The van der Waals surface area contributed by atoms with Crippen LogP contribution >= 0.6 is 0 Å². The van der Waals surface area contributed by atoms with Crippen LogP contribution in [0.25, 0.3) is 0 Å². The van der Waals surface area contributed by atoms with Gasteiger partial charge in [0.1, 0.15) is 12.8 Å². The quantitative estimate of drug-likeness (QED) is 0.298. The summed E-state index contributed by atoms with van der Waals surface area (Å²) in [5.41, 5.74) is 6.48. The number of allylic oxidation sites excluding steroid dienone is 5. The molecule has 1 N–H and O–H groups in total. The first kappa shape index (κ1) is 26.7. The fourth-order valence-corrected chi connectivity index (χ4v) is 6.30. The smallest absolute Gasteiger partial charge is 0.209 e. The standard InChI is InChI=1S/C33H36N2O4/c1-32(2)23-13-8-10-15-25(23)34(5)27(32)19-21-30(38)22(31(21)39)20-28-33(3,4)24-14-9-11-16-26(24)35(28)18-12-6-7-17-29(36)37/h8-11,13-16,19-20H,6-7,12,17-18H2,1-5H3,(H-,36,37,38,39). The third-order valence-electron chi connectivity index (χ3n) is 8.56. The topological polar surface area (TPSA) is 83.7 Å². The van der Waals surface area contributed by atoms with Crippen LogP contribution in [0, 0.1) is 0 Å². The zero-order valence-corrected chi connectivity index (χ0v) is 23.4. The molecule has 5 rings (SSSR count). The van der Waals surface area contributed by atoms with E-state index in [0.29, 0.717) is 24.1 Å². The van der Waals surface area contributed by atoms with E-state index >= 15 is 0 Å². The van der Waals surface area contributed by atoms with Gasteiger partial charge in [0, 0.05) is 47.0 Å². The van der Waals surface area contributed by atoms with E-state index in [1.807, 2.05) is 43.5 Å². The van der Waals surface area contributed by atoms with Crippen molar-refractivity contribution < 1.29 is 24.4 Å². The van der Waals surface area contributed by atoms with Gasteiger partial charge in [0.15, 0.2) is 5.71 Å². The Morgan fingerprint density at radius 1 is 0.949 bits per heavy atom. The van der Waals surface area contributed by atoms with Gasteiger partial charge >= 0.3 is 0 Å². The number of carbonyl (C=O) groups is 2. The molecule has 6 nitrogen and oxygen atoms in total. The number of rotatable bonds is 8. The van der Waals surface area contributed by atoms with Gasteiger partial charge in [0.2, 0.25) is 11.5 Å². The number of Topliss-reactive ketones (excluding diaryl/α,β-unsaturated/α-hetero) is 1. The number of ketones is 1. The molecule has 1 aliphatic carbocycles.